The van der Waals surface area contributed by atoms with E-state index >= 15 is 0 Å². The van der Waals surface area contributed by atoms with Gasteiger partial charge in [0.2, 0.25) is 5.91 Å². The standard InChI is InChI=1S/C15H22BN2O3/c1-6-18-12(19)8-10-7-11(9-17-13(10)18)16-21-15(4,5)14(2,3)20/h7,9,20H,6,8H2,1-5H3. The Morgan fingerprint density at radius 2 is 2.10 bits per heavy atom. The predicted octanol–water partition coefficient (Wildman–Crippen LogP) is 0.801. The molecule has 1 aliphatic heterocycles. The third-order valence-corrected chi connectivity index (χ3v) is 4.14. The molecule has 2 heterocycles. The molecular weight excluding hydrogens is 267 g/mol. The molecule has 1 N–H and O–H groups in total. The summed E-state index contributed by atoms with van der Waals surface area (Å²) < 4.78 is 5.71. The van der Waals surface area contributed by atoms with E-state index in [2.05, 4.69) is 4.98 Å². The second-order valence-electron chi connectivity index (χ2n) is 6.37. The van der Waals surface area contributed by atoms with Gasteiger partial charge < -0.3 is 9.76 Å². The first-order valence-corrected chi connectivity index (χ1v) is 7.18. The van der Waals surface area contributed by atoms with Crippen LogP contribution in [0.25, 0.3) is 0 Å². The van der Waals surface area contributed by atoms with E-state index in [1.165, 1.54) is 0 Å². The number of pyridine rings is 1. The highest BCUT2D eigenvalue weighted by atomic mass is 16.5. The molecule has 1 aliphatic rings. The average molecular weight is 289 g/mol. The van der Waals surface area contributed by atoms with E-state index in [0.717, 1.165) is 16.8 Å². The molecule has 0 unspecified atom stereocenters. The summed E-state index contributed by atoms with van der Waals surface area (Å²) in [7, 11) is 1.59. The Bertz CT molecular complexity index is 552. The minimum Gasteiger partial charge on any atom is -0.427 e. The number of aromatic nitrogens is 1. The molecule has 6 heteroatoms. The van der Waals surface area contributed by atoms with E-state index in [4.69, 9.17) is 4.65 Å². The fraction of sp³-hybridized carbons (Fsp3) is 0.600. The number of likely N-dealkylation sites (N-methyl/N-ethyl adjacent to an activating group) is 1. The average Bonchev–Trinajstić information content (AvgIpc) is 2.69. The van der Waals surface area contributed by atoms with Gasteiger partial charge in [-0.2, -0.15) is 0 Å². The van der Waals surface area contributed by atoms with Crippen LogP contribution in [0.2, 0.25) is 0 Å². The molecular formula is C15H22BN2O3. The van der Waals surface area contributed by atoms with Crippen molar-refractivity contribution in [3.05, 3.63) is 17.8 Å². The smallest absolute Gasteiger partial charge is 0.332 e. The molecule has 113 valence electrons. The monoisotopic (exact) mass is 289 g/mol. The normalized spacial score (nSPS) is 15.3. The van der Waals surface area contributed by atoms with Crippen molar-refractivity contribution in [3.8, 4) is 0 Å². The number of nitrogens with zero attached hydrogens (tertiary/aromatic N) is 2. The molecule has 2 rings (SSSR count). The molecule has 1 radical (unpaired) electrons. The first kappa shape index (κ1) is 16.0. The summed E-state index contributed by atoms with van der Waals surface area (Å²) in [5.41, 5.74) is 0.0111. The van der Waals surface area contributed by atoms with Gasteiger partial charge in [-0.3, -0.25) is 9.69 Å². The van der Waals surface area contributed by atoms with Crippen molar-refractivity contribution in [1.29, 1.82) is 0 Å². The molecule has 0 aromatic carbocycles. The molecule has 1 amide bonds. The molecule has 0 bridgehead atoms. The van der Waals surface area contributed by atoms with Crippen LogP contribution in [-0.4, -0.2) is 41.2 Å². The molecule has 0 saturated heterocycles. The van der Waals surface area contributed by atoms with Crippen molar-refractivity contribution in [1.82, 2.24) is 4.98 Å². The van der Waals surface area contributed by atoms with Gasteiger partial charge in [-0.25, -0.2) is 4.98 Å². The minimum atomic E-state index is -0.970. The van der Waals surface area contributed by atoms with Crippen LogP contribution in [0.15, 0.2) is 12.3 Å². The number of rotatable bonds is 5. The third-order valence-electron chi connectivity index (χ3n) is 4.14. The maximum atomic E-state index is 11.8. The van der Waals surface area contributed by atoms with Gasteiger partial charge in [0.05, 0.1) is 17.6 Å². The molecule has 0 fully saturated rings. The minimum absolute atomic E-state index is 0.0786. The molecule has 5 nitrogen and oxygen atoms in total. The van der Waals surface area contributed by atoms with Crippen LogP contribution in [-0.2, 0) is 15.9 Å². The van der Waals surface area contributed by atoms with E-state index < -0.39 is 11.2 Å². The Morgan fingerprint density at radius 1 is 1.43 bits per heavy atom. The highest BCUT2D eigenvalue weighted by Crippen LogP contribution is 2.26. The Morgan fingerprint density at radius 3 is 2.67 bits per heavy atom. The van der Waals surface area contributed by atoms with E-state index in [-0.39, 0.29) is 5.91 Å². The fourth-order valence-electron chi connectivity index (χ4n) is 2.02. The molecule has 1 aromatic rings. The Labute approximate surface area is 126 Å². The van der Waals surface area contributed by atoms with Crippen LogP contribution in [0.5, 0.6) is 0 Å². The first-order chi connectivity index (χ1) is 9.65. The zero-order valence-corrected chi connectivity index (χ0v) is 13.3. The van der Waals surface area contributed by atoms with Crippen LogP contribution in [0, 0.1) is 0 Å². The summed E-state index contributed by atoms with van der Waals surface area (Å²) in [4.78, 5) is 17.9. The maximum absolute atomic E-state index is 11.8. The summed E-state index contributed by atoms with van der Waals surface area (Å²) in [5.74, 6) is 0.816. The lowest BCUT2D eigenvalue weighted by molar-refractivity contribution is -0.117. The number of carbonyl (C=O) groups is 1. The number of hydrogen-bond donors (Lipinski definition) is 1. The van der Waals surface area contributed by atoms with Gasteiger partial charge in [0, 0.05) is 18.3 Å². The van der Waals surface area contributed by atoms with Crippen molar-refractivity contribution in [3.63, 3.8) is 0 Å². The van der Waals surface area contributed by atoms with Crippen molar-refractivity contribution in [2.45, 2.75) is 52.2 Å². The summed E-state index contributed by atoms with van der Waals surface area (Å²) in [6.45, 7) is 9.63. The number of amides is 1. The Kier molecular flexibility index (Phi) is 4.13. The van der Waals surface area contributed by atoms with Crippen LogP contribution in [0.4, 0.5) is 5.82 Å². The van der Waals surface area contributed by atoms with E-state index in [1.54, 1.807) is 32.4 Å². The zero-order chi connectivity index (χ0) is 15.8. The summed E-state index contributed by atoms with van der Waals surface area (Å²) in [6, 6.07) is 1.91. The molecule has 1 aromatic heterocycles. The topological polar surface area (TPSA) is 62.7 Å². The zero-order valence-electron chi connectivity index (χ0n) is 13.3. The quantitative estimate of drug-likeness (QED) is 0.815. The number of anilines is 1. The highest BCUT2D eigenvalue weighted by molar-refractivity contribution is 6.47. The first-order valence-electron chi connectivity index (χ1n) is 7.18. The second-order valence-corrected chi connectivity index (χ2v) is 6.37. The van der Waals surface area contributed by atoms with E-state index in [9.17, 15) is 9.90 Å². The lowest BCUT2D eigenvalue weighted by Gasteiger charge is -2.37. The van der Waals surface area contributed by atoms with Crippen molar-refractivity contribution < 1.29 is 14.6 Å². The van der Waals surface area contributed by atoms with Gasteiger partial charge >= 0.3 is 7.48 Å². The van der Waals surface area contributed by atoms with Gasteiger partial charge in [-0.1, -0.05) is 6.07 Å². The number of carbonyl (C=O) groups excluding carboxylic acids is 1. The second kappa shape index (κ2) is 5.42. The summed E-state index contributed by atoms with van der Waals surface area (Å²) in [5, 5.41) is 10.1. The van der Waals surface area contributed by atoms with Crippen LogP contribution in [0.3, 0.4) is 0 Å². The van der Waals surface area contributed by atoms with Crippen LogP contribution < -0.4 is 10.4 Å². The lowest BCUT2D eigenvalue weighted by atomic mass is 9.83. The van der Waals surface area contributed by atoms with Crippen LogP contribution >= 0.6 is 0 Å². The van der Waals surface area contributed by atoms with Crippen molar-refractivity contribution in [2.24, 2.45) is 0 Å². The molecule has 0 atom stereocenters. The van der Waals surface area contributed by atoms with Crippen molar-refractivity contribution >= 4 is 24.7 Å². The van der Waals surface area contributed by atoms with E-state index in [1.807, 2.05) is 26.8 Å². The summed E-state index contributed by atoms with van der Waals surface area (Å²) >= 11 is 0. The van der Waals surface area contributed by atoms with Crippen LogP contribution in [0.1, 0.15) is 40.2 Å². The van der Waals surface area contributed by atoms with E-state index in [0.29, 0.717) is 13.0 Å². The van der Waals surface area contributed by atoms with Gasteiger partial charge in [0.1, 0.15) is 5.82 Å². The molecule has 0 saturated carbocycles. The molecule has 0 spiro atoms. The van der Waals surface area contributed by atoms with Gasteiger partial charge in [-0.05, 0) is 40.1 Å². The number of hydrogen-bond acceptors (Lipinski definition) is 4. The van der Waals surface area contributed by atoms with Gasteiger partial charge in [0.15, 0.2) is 0 Å². The Hall–Kier alpha value is -1.40. The third kappa shape index (κ3) is 3.11. The lowest BCUT2D eigenvalue weighted by Crippen LogP contribution is -2.49. The van der Waals surface area contributed by atoms with Crippen molar-refractivity contribution in [2.75, 3.05) is 11.4 Å². The Balaban J connectivity index is 2.11. The largest absolute Gasteiger partial charge is 0.427 e. The fourth-order valence-corrected chi connectivity index (χ4v) is 2.02. The molecule has 21 heavy (non-hydrogen) atoms. The predicted molar refractivity (Wildman–Crippen MR) is 82.8 cm³/mol. The maximum Gasteiger partial charge on any atom is 0.332 e. The summed E-state index contributed by atoms with van der Waals surface area (Å²) in [6.07, 6.45) is 2.06. The van der Waals surface area contributed by atoms with Gasteiger partial charge in [-0.15, -0.1) is 0 Å². The molecule has 0 aliphatic carbocycles. The highest BCUT2D eigenvalue weighted by Gasteiger charge is 2.36. The van der Waals surface area contributed by atoms with Gasteiger partial charge in [0.25, 0.3) is 0 Å². The number of aliphatic hydroxyl groups is 1. The number of fused-ring (bicyclic) bond motifs is 1. The SMILES string of the molecule is CCN1C(=O)Cc2cc([B]OC(C)(C)C(C)(C)O)cnc21.